The quantitative estimate of drug-likeness (QED) is 0.338. The van der Waals surface area contributed by atoms with E-state index in [-0.39, 0.29) is 5.97 Å². The normalized spacial score (nSPS) is 28.9. The molecule has 0 aromatic heterocycles. The predicted octanol–water partition coefficient (Wildman–Crippen LogP) is -0.566. The van der Waals surface area contributed by atoms with Crippen molar-refractivity contribution in [2.45, 2.75) is 18.4 Å². The van der Waals surface area contributed by atoms with Gasteiger partial charge >= 0.3 is 5.97 Å². The molecule has 2 unspecified atom stereocenters. The summed E-state index contributed by atoms with van der Waals surface area (Å²) in [7, 11) is 3.72. The summed E-state index contributed by atoms with van der Waals surface area (Å²) >= 11 is 0. The van der Waals surface area contributed by atoms with Gasteiger partial charge in [0.15, 0.2) is 5.60 Å². The highest BCUT2D eigenvalue weighted by molar-refractivity contribution is 7.09. The van der Waals surface area contributed by atoms with Crippen molar-refractivity contribution in [3.8, 4) is 0 Å². The Morgan fingerprint density at radius 3 is 2.83 bits per heavy atom. The monoisotopic (exact) mass is 190 g/mol. The third kappa shape index (κ3) is 2.19. The first kappa shape index (κ1) is 9.97. The van der Waals surface area contributed by atoms with Crippen LogP contribution in [-0.2, 0) is 18.7 Å². The Bertz CT molecular complexity index is 169. The summed E-state index contributed by atoms with van der Waals surface area (Å²) in [6.07, 6.45) is 1.13. The number of carbonyl (C=O) groups is 1. The van der Waals surface area contributed by atoms with Crippen LogP contribution in [0.4, 0.5) is 0 Å². The minimum absolute atomic E-state index is 0.172. The molecule has 0 amide bonds. The van der Waals surface area contributed by atoms with E-state index in [4.69, 9.17) is 13.9 Å². The van der Waals surface area contributed by atoms with E-state index in [1.807, 2.05) is 0 Å². The summed E-state index contributed by atoms with van der Waals surface area (Å²) in [5, 5.41) is 0. The van der Waals surface area contributed by atoms with E-state index in [2.05, 4.69) is 9.47 Å². The highest BCUT2D eigenvalue weighted by Crippen LogP contribution is 2.27. The van der Waals surface area contributed by atoms with Crippen molar-refractivity contribution in [1.29, 1.82) is 0 Å². The number of esters is 1. The molecule has 1 aliphatic heterocycles. The zero-order chi connectivity index (χ0) is 9.03. The smallest absolute Gasteiger partial charge is 0.306 e. The second-order valence-electron chi connectivity index (χ2n) is 2.90. The van der Waals surface area contributed by atoms with Gasteiger partial charge in [-0.15, -0.1) is 0 Å². The molecule has 0 saturated carbocycles. The summed E-state index contributed by atoms with van der Waals surface area (Å²) in [5.41, 5.74) is -0.548. The molecule has 1 fully saturated rings. The standard InChI is InChI=1S/C6H12BO4P/c7-9-3-6(4-10-12)2-1-5(8)11-6/h1-4,7,12H2. The molecule has 1 heterocycles. The Morgan fingerprint density at radius 2 is 2.42 bits per heavy atom. The van der Waals surface area contributed by atoms with Gasteiger partial charge in [-0.1, -0.05) is 0 Å². The van der Waals surface area contributed by atoms with E-state index >= 15 is 0 Å². The zero-order valence-corrected chi connectivity index (χ0v) is 8.19. The molecule has 0 bridgehead atoms. The second kappa shape index (κ2) is 4.22. The molecule has 0 radical (unpaired) electrons. The SMILES string of the molecule is BOCC1(COP)CCC(=O)O1. The Labute approximate surface area is 74.7 Å². The van der Waals surface area contributed by atoms with Crippen molar-refractivity contribution in [1.82, 2.24) is 0 Å². The van der Waals surface area contributed by atoms with Crippen LogP contribution >= 0.6 is 9.47 Å². The third-order valence-electron chi connectivity index (χ3n) is 1.87. The maximum absolute atomic E-state index is 10.9. The minimum atomic E-state index is -0.548. The summed E-state index contributed by atoms with van der Waals surface area (Å²) < 4.78 is 15.0. The van der Waals surface area contributed by atoms with Crippen LogP contribution in [0.5, 0.6) is 0 Å². The zero-order valence-electron chi connectivity index (χ0n) is 7.04. The average molecular weight is 190 g/mol. The van der Waals surface area contributed by atoms with Crippen LogP contribution in [0.3, 0.4) is 0 Å². The number of carbonyl (C=O) groups excluding carboxylic acids is 1. The molecule has 0 aromatic rings. The van der Waals surface area contributed by atoms with Gasteiger partial charge in [-0.25, -0.2) is 0 Å². The molecule has 1 aliphatic rings. The fourth-order valence-electron chi connectivity index (χ4n) is 1.33. The van der Waals surface area contributed by atoms with Crippen molar-refractivity contribution in [2.75, 3.05) is 13.2 Å². The number of hydrogen-bond donors (Lipinski definition) is 0. The van der Waals surface area contributed by atoms with E-state index in [9.17, 15) is 4.79 Å². The largest absolute Gasteiger partial charge is 0.454 e. The fourth-order valence-corrected chi connectivity index (χ4v) is 1.64. The van der Waals surface area contributed by atoms with Crippen LogP contribution in [0.2, 0.25) is 0 Å². The predicted molar refractivity (Wildman–Crippen MR) is 48.2 cm³/mol. The lowest BCUT2D eigenvalue weighted by atomic mass is 10.0. The van der Waals surface area contributed by atoms with Gasteiger partial charge in [-0.2, -0.15) is 0 Å². The van der Waals surface area contributed by atoms with Crippen LogP contribution in [0.25, 0.3) is 0 Å². The summed E-state index contributed by atoms with van der Waals surface area (Å²) in [6, 6.07) is 0. The topological polar surface area (TPSA) is 44.8 Å². The molecule has 1 rings (SSSR count). The number of hydrogen-bond acceptors (Lipinski definition) is 4. The number of ether oxygens (including phenoxy) is 1. The van der Waals surface area contributed by atoms with Crippen molar-refractivity contribution in [3.63, 3.8) is 0 Å². The van der Waals surface area contributed by atoms with E-state index in [0.29, 0.717) is 26.1 Å². The van der Waals surface area contributed by atoms with Crippen LogP contribution in [0.15, 0.2) is 0 Å². The maximum atomic E-state index is 10.9. The van der Waals surface area contributed by atoms with Gasteiger partial charge in [0.05, 0.1) is 13.2 Å². The van der Waals surface area contributed by atoms with Crippen molar-refractivity contribution >= 4 is 23.5 Å². The van der Waals surface area contributed by atoms with E-state index in [1.165, 1.54) is 0 Å². The molecule has 1 saturated heterocycles. The molecule has 6 heteroatoms. The van der Waals surface area contributed by atoms with Crippen LogP contribution in [0.1, 0.15) is 12.8 Å². The Morgan fingerprint density at radius 1 is 1.67 bits per heavy atom. The lowest BCUT2D eigenvalue weighted by molar-refractivity contribution is -0.153. The molecule has 68 valence electrons. The second-order valence-corrected chi connectivity index (χ2v) is 3.23. The van der Waals surface area contributed by atoms with Crippen molar-refractivity contribution in [2.24, 2.45) is 0 Å². The summed E-state index contributed by atoms with van der Waals surface area (Å²) in [5.74, 6) is -0.172. The molecule has 12 heavy (non-hydrogen) atoms. The molecule has 0 spiro atoms. The van der Waals surface area contributed by atoms with E-state index < -0.39 is 5.60 Å². The lowest BCUT2D eigenvalue weighted by Gasteiger charge is -2.25. The van der Waals surface area contributed by atoms with Gasteiger partial charge in [0.1, 0.15) is 0 Å². The lowest BCUT2D eigenvalue weighted by Crippen LogP contribution is -2.38. The van der Waals surface area contributed by atoms with Gasteiger partial charge in [-0.05, 0) is 0 Å². The summed E-state index contributed by atoms with van der Waals surface area (Å²) in [4.78, 5) is 10.9. The van der Waals surface area contributed by atoms with Gasteiger partial charge in [0.25, 0.3) is 8.05 Å². The van der Waals surface area contributed by atoms with Crippen LogP contribution < -0.4 is 0 Å². The molecule has 0 aliphatic carbocycles. The molecule has 4 nitrogen and oxygen atoms in total. The first-order valence-electron chi connectivity index (χ1n) is 3.75. The van der Waals surface area contributed by atoms with Gasteiger partial charge in [0, 0.05) is 22.3 Å². The fraction of sp³-hybridized carbons (Fsp3) is 0.833. The molecular weight excluding hydrogens is 178 g/mol. The molecule has 0 aromatic carbocycles. The van der Waals surface area contributed by atoms with Crippen LogP contribution in [-0.4, -0.2) is 32.8 Å². The first-order valence-corrected chi connectivity index (χ1v) is 4.22. The van der Waals surface area contributed by atoms with Crippen molar-refractivity contribution in [3.05, 3.63) is 0 Å². The maximum Gasteiger partial charge on any atom is 0.306 e. The molecular formula is C6H12BO4P. The molecule has 0 N–H and O–H groups in total. The number of cyclic esters (lactones) is 1. The van der Waals surface area contributed by atoms with E-state index in [1.54, 1.807) is 8.05 Å². The summed E-state index contributed by atoms with van der Waals surface area (Å²) in [6.45, 7) is 0.768. The Kier molecular flexibility index (Phi) is 3.50. The van der Waals surface area contributed by atoms with E-state index in [0.717, 1.165) is 0 Å². The van der Waals surface area contributed by atoms with Gasteiger partial charge in [0.2, 0.25) is 0 Å². The minimum Gasteiger partial charge on any atom is -0.454 e. The first-order chi connectivity index (χ1) is 5.72. The highest BCUT2D eigenvalue weighted by atomic mass is 31.0. The Balaban J connectivity index is 2.54. The Hall–Kier alpha value is -0.115. The van der Waals surface area contributed by atoms with Gasteiger partial charge < -0.3 is 13.9 Å². The highest BCUT2D eigenvalue weighted by Gasteiger charge is 2.40. The van der Waals surface area contributed by atoms with Crippen LogP contribution in [0, 0.1) is 0 Å². The third-order valence-corrected chi connectivity index (χ3v) is 2.04. The molecule has 2 atom stereocenters. The van der Waals surface area contributed by atoms with Gasteiger partial charge in [-0.3, -0.25) is 4.79 Å². The van der Waals surface area contributed by atoms with Crippen molar-refractivity contribution < 1.29 is 18.7 Å². The average Bonchev–Trinajstić information content (AvgIpc) is 2.34. The number of rotatable bonds is 4.